The van der Waals surface area contributed by atoms with Crippen LogP contribution in [0.5, 0.6) is 0 Å². The molecule has 3 rings (SSSR count). The predicted molar refractivity (Wildman–Crippen MR) is 143 cm³/mol. The van der Waals surface area contributed by atoms with E-state index in [2.05, 4.69) is 5.32 Å². The maximum Gasteiger partial charge on any atom is 0.287 e. The van der Waals surface area contributed by atoms with Gasteiger partial charge >= 0.3 is 0 Å². The summed E-state index contributed by atoms with van der Waals surface area (Å²) in [5.41, 5.74) is -0.289. The van der Waals surface area contributed by atoms with E-state index in [4.69, 9.17) is 0 Å². The van der Waals surface area contributed by atoms with Crippen molar-refractivity contribution in [2.75, 3.05) is 37.7 Å². The first kappa shape index (κ1) is 30.9. The molecule has 0 unspecified atom stereocenters. The number of nitrogens with one attached hydrogen (secondary N) is 1. The second-order valence-corrected chi connectivity index (χ2v) is 12.9. The number of nitrogens with zero attached hydrogens (tertiary/aromatic N) is 2. The average molecular weight is 566 g/mol. The molecule has 0 spiro atoms. The number of amides is 2. The van der Waals surface area contributed by atoms with E-state index >= 15 is 0 Å². The maximum atomic E-state index is 13.1. The summed E-state index contributed by atoms with van der Waals surface area (Å²) in [6.45, 7) is 4.22. The molecule has 216 valence electrons. The van der Waals surface area contributed by atoms with Gasteiger partial charge in [-0.05, 0) is 55.9 Å². The molecular weight excluding hydrogens is 526 g/mol. The first-order valence-electron chi connectivity index (χ1n) is 13.4. The van der Waals surface area contributed by atoms with Gasteiger partial charge in [-0.15, -0.1) is 0 Å². The summed E-state index contributed by atoms with van der Waals surface area (Å²) in [4.78, 5) is 50.2. The Balaban J connectivity index is 1.40. The van der Waals surface area contributed by atoms with Crippen LogP contribution in [0.25, 0.3) is 0 Å². The van der Waals surface area contributed by atoms with Crippen molar-refractivity contribution in [3.05, 3.63) is 24.3 Å². The van der Waals surface area contributed by atoms with Crippen LogP contribution in [0.15, 0.2) is 29.2 Å². The number of carbonyl (C=O) groups is 4. The third-order valence-electron chi connectivity index (χ3n) is 7.52. The monoisotopic (exact) mass is 565 g/mol. The first-order chi connectivity index (χ1) is 18.4. The van der Waals surface area contributed by atoms with E-state index in [1.54, 1.807) is 30.9 Å². The smallest absolute Gasteiger partial charge is 0.287 e. The van der Waals surface area contributed by atoms with Gasteiger partial charge in [0, 0.05) is 56.5 Å². The van der Waals surface area contributed by atoms with Crippen LogP contribution in [0.2, 0.25) is 0 Å². The quantitative estimate of drug-likeness (QED) is 0.299. The highest BCUT2D eigenvalue weighted by Gasteiger charge is 2.33. The van der Waals surface area contributed by atoms with Crippen molar-refractivity contribution in [3.63, 3.8) is 0 Å². The van der Waals surface area contributed by atoms with Gasteiger partial charge in [-0.2, -0.15) is 4.31 Å². The lowest BCUT2D eigenvalue weighted by molar-refractivity contribution is -0.138. The number of sulfonamides is 1. The molecule has 1 aromatic carbocycles. The molecule has 2 saturated heterocycles. The SMILES string of the molecule is CC(C)(CO)[C@@H](O)C(=O)CCCC(=O)C(=O)NCC1CCN(S(=O)(=O)c2ccc(N3CCCC3=O)cc2)CC1. The van der Waals surface area contributed by atoms with Crippen LogP contribution in [0.1, 0.15) is 58.8 Å². The van der Waals surface area contributed by atoms with Crippen molar-refractivity contribution in [2.24, 2.45) is 11.3 Å². The van der Waals surface area contributed by atoms with Crippen molar-refractivity contribution < 1.29 is 37.8 Å². The second-order valence-electron chi connectivity index (χ2n) is 11.0. The lowest BCUT2D eigenvalue weighted by atomic mass is 9.84. The molecule has 0 aromatic heterocycles. The lowest BCUT2D eigenvalue weighted by Crippen LogP contribution is -2.42. The van der Waals surface area contributed by atoms with Crippen molar-refractivity contribution in [1.82, 2.24) is 9.62 Å². The van der Waals surface area contributed by atoms with Gasteiger partial charge in [-0.3, -0.25) is 19.2 Å². The fourth-order valence-electron chi connectivity index (χ4n) is 4.75. The highest BCUT2D eigenvalue weighted by molar-refractivity contribution is 7.89. The van der Waals surface area contributed by atoms with Crippen LogP contribution in [0.4, 0.5) is 5.69 Å². The van der Waals surface area contributed by atoms with E-state index < -0.39 is 39.0 Å². The van der Waals surface area contributed by atoms with E-state index in [0.717, 1.165) is 6.42 Å². The van der Waals surface area contributed by atoms with Gasteiger partial charge < -0.3 is 20.4 Å². The van der Waals surface area contributed by atoms with E-state index in [-0.39, 0.29) is 62.2 Å². The number of Topliss-reactive ketones (excluding diaryl/α,β-unsaturated/α-hetero) is 2. The lowest BCUT2D eigenvalue weighted by Gasteiger charge is -2.31. The molecule has 12 heteroatoms. The molecule has 0 aliphatic carbocycles. The molecule has 11 nitrogen and oxygen atoms in total. The number of piperidine rings is 1. The Bertz CT molecular complexity index is 1160. The Kier molecular flexibility index (Phi) is 10.4. The molecule has 2 fully saturated rings. The fraction of sp³-hybridized carbons (Fsp3) is 0.630. The number of benzene rings is 1. The maximum absolute atomic E-state index is 13.1. The fourth-order valence-corrected chi connectivity index (χ4v) is 6.22. The normalized spacial score (nSPS) is 18.3. The standard InChI is InChI=1S/C27H39N3O8S/c1-27(2,18-31)25(35)22(32)5-3-6-23(33)26(36)28-17-19-12-15-29(16-13-19)39(37,38)21-10-8-20(9-11-21)30-14-4-7-24(30)34/h8-11,19,25,31,35H,3-7,12-18H2,1-2H3,(H,28,36)/t25-/m0/s1. The number of anilines is 1. The molecule has 0 radical (unpaired) electrons. The van der Waals surface area contributed by atoms with Crippen LogP contribution >= 0.6 is 0 Å². The van der Waals surface area contributed by atoms with Gasteiger partial charge in [0.25, 0.3) is 5.91 Å². The van der Waals surface area contributed by atoms with Gasteiger partial charge in [0.05, 0.1) is 11.5 Å². The van der Waals surface area contributed by atoms with Crippen LogP contribution in [0.3, 0.4) is 0 Å². The Morgan fingerprint density at radius 2 is 1.72 bits per heavy atom. The number of rotatable bonds is 13. The third kappa shape index (κ3) is 7.71. The zero-order chi connectivity index (χ0) is 28.8. The molecule has 0 saturated carbocycles. The van der Waals surface area contributed by atoms with Crippen LogP contribution in [-0.2, 0) is 29.2 Å². The number of ketones is 2. The van der Waals surface area contributed by atoms with Crippen molar-refractivity contribution in [2.45, 2.75) is 69.8 Å². The molecule has 3 N–H and O–H groups in total. The summed E-state index contributed by atoms with van der Waals surface area (Å²) in [5, 5.41) is 21.9. The zero-order valence-corrected chi connectivity index (χ0v) is 23.4. The van der Waals surface area contributed by atoms with E-state index in [0.29, 0.717) is 31.5 Å². The Morgan fingerprint density at radius 3 is 2.28 bits per heavy atom. The molecule has 0 bridgehead atoms. The largest absolute Gasteiger partial charge is 0.396 e. The van der Waals surface area contributed by atoms with Crippen LogP contribution in [0, 0.1) is 11.3 Å². The zero-order valence-electron chi connectivity index (χ0n) is 22.6. The summed E-state index contributed by atoms with van der Waals surface area (Å²) in [6.07, 6.45) is 0.916. The minimum Gasteiger partial charge on any atom is -0.396 e. The van der Waals surface area contributed by atoms with E-state index in [9.17, 15) is 37.8 Å². The summed E-state index contributed by atoms with van der Waals surface area (Å²) >= 11 is 0. The first-order valence-corrected chi connectivity index (χ1v) is 14.8. The molecule has 1 atom stereocenters. The van der Waals surface area contributed by atoms with Crippen molar-refractivity contribution in [1.29, 1.82) is 0 Å². The average Bonchev–Trinajstić information content (AvgIpc) is 3.37. The topological polar surface area (TPSA) is 161 Å². The Labute approximate surface area is 229 Å². The molecule has 2 aliphatic rings. The van der Waals surface area contributed by atoms with Crippen molar-refractivity contribution in [3.8, 4) is 0 Å². The predicted octanol–water partition coefficient (Wildman–Crippen LogP) is 1.02. The molecule has 2 amide bonds. The minimum atomic E-state index is -3.69. The highest BCUT2D eigenvalue weighted by atomic mass is 32.2. The summed E-state index contributed by atoms with van der Waals surface area (Å²) in [6, 6.07) is 6.36. The van der Waals surface area contributed by atoms with E-state index in [1.807, 2.05) is 0 Å². The molecule has 2 heterocycles. The highest BCUT2D eigenvalue weighted by Crippen LogP contribution is 2.27. The summed E-state index contributed by atoms with van der Waals surface area (Å²) in [5.74, 6) is -1.83. The summed E-state index contributed by atoms with van der Waals surface area (Å²) in [7, 11) is -3.69. The summed E-state index contributed by atoms with van der Waals surface area (Å²) < 4.78 is 27.6. The van der Waals surface area contributed by atoms with Gasteiger partial charge in [0.2, 0.25) is 21.7 Å². The van der Waals surface area contributed by atoms with Gasteiger partial charge in [-0.25, -0.2) is 8.42 Å². The third-order valence-corrected chi connectivity index (χ3v) is 9.43. The number of carbonyl (C=O) groups excluding carboxylic acids is 4. The number of hydrogen-bond donors (Lipinski definition) is 3. The second kappa shape index (κ2) is 13.1. The molecule has 2 aliphatic heterocycles. The van der Waals surface area contributed by atoms with Gasteiger partial charge in [0.15, 0.2) is 5.78 Å². The molecule has 1 aromatic rings. The number of aliphatic hydroxyl groups is 2. The van der Waals surface area contributed by atoms with E-state index in [1.165, 1.54) is 16.4 Å². The van der Waals surface area contributed by atoms with Gasteiger partial charge in [0.1, 0.15) is 6.10 Å². The number of aliphatic hydroxyl groups excluding tert-OH is 2. The molecule has 39 heavy (non-hydrogen) atoms. The molecular formula is C27H39N3O8S. The minimum absolute atomic E-state index is 0.0224. The Morgan fingerprint density at radius 1 is 1.08 bits per heavy atom. The van der Waals surface area contributed by atoms with Crippen LogP contribution < -0.4 is 10.2 Å². The van der Waals surface area contributed by atoms with Crippen molar-refractivity contribution >= 4 is 39.1 Å². The Hall–Kier alpha value is -2.67. The van der Waals surface area contributed by atoms with Crippen LogP contribution in [-0.4, -0.2) is 85.2 Å². The number of hydrogen-bond acceptors (Lipinski definition) is 8. The van der Waals surface area contributed by atoms with Gasteiger partial charge in [-0.1, -0.05) is 13.8 Å².